The molecule has 1 unspecified atom stereocenters. The van der Waals surface area contributed by atoms with Gasteiger partial charge in [0.05, 0.1) is 22.2 Å². The smallest absolute Gasteiger partial charge is 0.326 e. The van der Waals surface area contributed by atoms with Crippen LogP contribution in [0.3, 0.4) is 0 Å². The number of fused-ring (bicyclic) bond motifs is 2. The Bertz CT molecular complexity index is 1110. The summed E-state index contributed by atoms with van der Waals surface area (Å²) < 4.78 is 33.0. The standard InChI is InChI=1S/C20H15F2N3O4/c1-11(17-23-14-8-4-5-9-15(14)25(17)20(21)22)29-16(26)10-24-18(27)12-6-2-3-7-13(12)19(24)28/h2-9,11,20H,10H2,1H3. The van der Waals surface area contributed by atoms with Crippen molar-refractivity contribution in [1.82, 2.24) is 14.5 Å². The number of hydrogen-bond acceptors (Lipinski definition) is 5. The lowest BCUT2D eigenvalue weighted by Crippen LogP contribution is -2.36. The highest BCUT2D eigenvalue weighted by atomic mass is 19.3. The third kappa shape index (κ3) is 3.14. The fourth-order valence-electron chi connectivity index (χ4n) is 3.35. The van der Waals surface area contributed by atoms with E-state index in [0.29, 0.717) is 10.1 Å². The Morgan fingerprint density at radius 3 is 2.24 bits per heavy atom. The third-order valence-electron chi connectivity index (χ3n) is 4.66. The van der Waals surface area contributed by atoms with E-state index in [2.05, 4.69) is 4.98 Å². The van der Waals surface area contributed by atoms with Crippen LogP contribution in [0.5, 0.6) is 0 Å². The van der Waals surface area contributed by atoms with Gasteiger partial charge in [-0.05, 0) is 31.2 Å². The number of ether oxygens (including phenoxy) is 1. The molecular formula is C20H15F2N3O4. The lowest BCUT2D eigenvalue weighted by Gasteiger charge is -2.17. The Morgan fingerprint density at radius 1 is 1.03 bits per heavy atom. The summed E-state index contributed by atoms with van der Waals surface area (Å²) in [5.41, 5.74) is 0.961. The minimum atomic E-state index is -2.88. The topological polar surface area (TPSA) is 81.5 Å². The van der Waals surface area contributed by atoms with Crippen LogP contribution in [0, 0.1) is 0 Å². The van der Waals surface area contributed by atoms with Crippen molar-refractivity contribution >= 4 is 28.8 Å². The van der Waals surface area contributed by atoms with Crippen molar-refractivity contribution in [3.05, 3.63) is 65.5 Å². The molecular weight excluding hydrogens is 384 g/mol. The minimum absolute atomic E-state index is 0.128. The molecule has 1 atom stereocenters. The molecule has 148 valence electrons. The van der Waals surface area contributed by atoms with Crippen LogP contribution >= 0.6 is 0 Å². The molecule has 1 aliphatic rings. The van der Waals surface area contributed by atoms with Crippen molar-refractivity contribution in [3.8, 4) is 0 Å². The highest BCUT2D eigenvalue weighted by Crippen LogP contribution is 2.28. The van der Waals surface area contributed by atoms with E-state index in [9.17, 15) is 23.2 Å². The first-order valence-electron chi connectivity index (χ1n) is 8.78. The van der Waals surface area contributed by atoms with Gasteiger partial charge in [-0.25, -0.2) is 4.98 Å². The molecule has 2 amide bonds. The monoisotopic (exact) mass is 399 g/mol. The second-order valence-corrected chi connectivity index (χ2v) is 6.48. The summed E-state index contributed by atoms with van der Waals surface area (Å²) in [6.07, 6.45) is -1.11. The number of aromatic nitrogens is 2. The second kappa shape index (κ2) is 7.08. The number of alkyl halides is 2. The first-order valence-corrected chi connectivity index (χ1v) is 8.78. The lowest BCUT2D eigenvalue weighted by atomic mass is 10.1. The van der Waals surface area contributed by atoms with Crippen molar-refractivity contribution in [1.29, 1.82) is 0 Å². The largest absolute Gasteiger partial charge is 0.453 e. The van der Waals surface area contributed by atoms with Crippen LogP contribution in [0.25, 0.3) is 11.0 Å². The van der Waals surface area contributed by atoms with Crippen LogP contribution < -0.4 is 0 Å². The number of nitrogens with zero attached hydrogens (tertiary/aromatic N) is 3. The molecule has 0 N–H and O–H groups in total. The van der Waals surface area contributed by atoms with E-state index in [1.807, 2.05) is 0 Å². The average Bonchev–Trinajstić information content (AvgIpc) is 3.20. The second-order valence-electron chi connectivity index (χ2n) is 6.48. The van der Waals surface area contributed by atoms with Gasteiger partial charge in [0.2, 0.25) is 0 Å². The van der Waals surface area contributed by atoms with Crippen molar-refractivity contribution < 1.29 is 27.9 Å². The number of benzene rings is 2. The molecule has 0 aliphatic carbocycles. The van der Waals surface area contributed by atoms with Crippen molar-refractivity contribution in [2.75, 3.05) is 6.54 Å². The average molecular weight is 399 g/mol. The first-order chi connectivity index (χ1) is 13.9. The number of carbonyl (C=O) groups is 3. The predicted octanol–water partition coefficient (Wildman–Crippen LogP) is 3.33. The Labute approximate surface area is 163 Å². The van der Waals surface area contributed by atoms with Gasteiger partial charge in [-0.1, -0.05) is 24.3 Å². The lowest BCUT2D eigenvalue weighted by molar-refractivity contribution is -0.149. The van der Waals surface area contributed by atoms with Gasteiger partial charge in [0, 0.05) is 0 Å². The predicted molar refractivity (Wildman–Crippen MR) is 97.3 cm³/mol. The zero-order chi connectivity index (χ0) is 20.7. The molecule has 29 heavy (non-hydrogen) atoms. The quantitative estimate of drug-likeness (QED) is 0.486. The molecule has 2 aromatic carbocycles. The number of amides is 2. The van der Waals surface area contributed by atoms with E-state index in [0.717, 1.165) is 4.90 Å². The van der Waals surface area contributed by atoms with Crippen LogP contribution in [-0.4, -0.2) is 38.8 Å². The van der Waals surface area contributed by atoms with Crippen molar-refractivity contribution in [2.24, 2.45) is 0 Å². The number of imide groups is 1. The molecule has 0 bridgehead atoms. The van der Waals surface area contributed by atoms with E-state index in [1.54, 1.807) is 30.3 Å². The van der Waals surface area contributed by atoms with Gasteiger partial charge in [0.25, 0.3) is 11.8 Å². The number of halogens is 2. The molecule has 1 aliphatic heterocycles. The molecule has 0 saturated carbocycles. The van der Waals surface area contributed by atoms with Crippen LogP contribution in [0.2, 0.25) is 0 Å². The summed E-state index contributed by atoms with van der Waals surface area (Å²) in [4.78, 5) is 41.9. The maximum Gasteiger partial charge on any atom is 0.326 e. The van der Waals surface area contributed by atoms with Crippen LogP contribution in [0.4, 0.5) is 8.78 Å². The Kier molecular flexibility index (Phi) is 4.57. The van der Waals surface area contributed by atoms with Gasteiger partial charge in [-0.15, -0.1) is 0 Å². The molecule has 9 heteroatoms. The molecule has 2 heterocycles. The fourth-order valence-corrected chi connectivity index (χ4v) is 3.35. The zero-order valence-electron chi connectivity index (χ0n) is 15.2. The molecule has 0 saturated heterocycles. The van der Waals surface area contributed by atoms with Gasteiger partial charge in [0.1, 0.15) is 6.54 Å². The highest BCUT2D eigenvalue weighted by Gasteiger charge is 2.37. The van der Waals surface area contributed by atoms with Crippen molar-refractivity contribution in [3.63, 3.8) is 0 Å². The number of rotatable bonds is 5. The Balaban J connectivity index is 1.53. The van der Waals surface area contributed by atoms with E-state index in [4.69, 9.17) is 4.74 Å². The van der Waals surface area contributed by atoms with E-state index in [-0.39, 0.29) is 22.5 Å². The van der Waals surface area contributed by atoms with Gasteiger partial charge >= 0.3 is 12.5 Å². The van der Waals surface area contributed by atoms with Crippen molar-refractivity contribution in [2.45, 2.75) is 19.6 Å². The highest BCUT2D eigenvalue weighted by molar-refractivity contribution is 6.22. The summed E-state index contributed by atoms with van der Waals surface area (Å²) in [6.45, 7) is -2.10. The number of imidazole rings is 1. The van der Waals surface area contributed by atoms with Crippen LogP contribution in [0.1, 0.15) is 46.1 Å². The molecule has 0 spiro atoms. The molecule has 0 fully saturated rings. The zero-order valence-corrected chi connectivity index (χ0v) is 15.2. The maximum absolute atomic E-state index is 13.6. The SMILES string of the molecule is CC(OC(=O)CN1C(=O)c2ccccc2C1=O)c1nc2ccccc2n1C(F)F. The number of esters is 1. The van der Waals surface area contributed by atoms with E-state index in [1.165, 1.54) is 25.1 Å². The van der Waals surface area contributed by atoms with E-state index < -0.39 is 37.0 Å². The maximum atomic E-state index is 13.6. The summed E-state index contributed by atoms with van der Waals surface area (Å²) in [5.74, 6) is -2.23. The Hall–Kier alpha value is -3.62. The number of hydrogen-bond donors (Lipinski definition) is 0. The molecule has 1 aromatic heterocycles. The summed E-state index contributed by atoms with van der Waals surface area (Å²) in [7, 11) is 0. The van der Waals surface area contributed by atoms with Gasteiger partial charge in [-0.3, -0.25) is 23.9 Å². The molecule has 4 rings (SSSR count). The van der Waals surface area contributed by atoms with Gasteiger partial charge in [-0.2, -0.15) is 8.78 Å². The van der Waals surface area contributed by atoms with Gasteiger partial charge < -0.3 is 4.74 Å². The molecule has 3 aromatic rings. The first kappa shape index (κ1) is 18.7. The summed E-state index contributed by atoms with van der Waals surface area (Å²) in [5, 5.41) is 0. The normalized spacial score (nSPS) is 14.6. The third-order valence-corrected chi connectivity index (χ3v) is 4.66. The number of para-hydroxylation sites is 2. The van der Waals surface area contributed by atoms with Crippen LogP contribution in [-0.2, 0) is 9.53 Å². The Morgan fingerprint density at radius 2 is 1.62 bits per heavy atom. The number of carbonyl (C=O) groups excluding carboxylic acids is 3. The fraction of sp³-hybridized carbons (Fsp3) is 0.200. The van der Waals surface area contributed by atoms with Gasteiger partial charge in [0.15, 0.2) is 11.9 Å². The molecule has 0 radical (unpaired) electrons. The minimum Gasteiger partial charge on any atom is -0.453 e. The summed E-state index contributed by atoms with van der Waals surface area (Å²) >= 11 is 0. The van der Waals surface area contributed by atoms with Crippen LogP contribution in [0.15, 0.2) is 48.5 Å². The van der Waals surface area contributed by atoms with E-state index >= 15 is 0 Å². The summed E-state index contributed by atoms with van der Waals surface area (Å²) in [6, 6.07) is 12.5. The molecule has 7 nitrogen and oxygen atoms in total.